The normalized spacial score (nSPS) is 10.8. The quantitative estimate of drug-likeness (QED) is 0.470. The van der Waals surface area contributed by atoms with E-state index in [1.54, 1.807) is 6.07 Å². The summed E-state index contributed by atoms with van der Waals surface area (Å²) in [7, 11) is 0. The summed E-state index contributed by atoms with van der Waals surface area (Å²) in [4.78, 5) is 42.7. The van der Waals surface area contributed by atoms with E-state index < -0.39 is 11.2 Å². The molecule has 9 nitrogen and oxygen atoms in total. The van der Waals surface area contributed by atoms with Gasteiger partial charge in [-0.1, -0.05) is 29.4 Å². The number of H-pyrrole nitrogens is 1. The number of carbonyl (C=O) groups excluding carboxylic acids is 1. The molecule has 1 amide bonds. The number of anilines is 1. The van der Waals surface area contributed by atoms with Gasteiger partial charge in [-0.3, -0.25) is 14.6 Å². The molecule has 0 bridgehead atoms. The Hall–Kier alpha value is -3.79. The van der Waals surface area contributed by atoms with E-state index in [-0.39, 0.29) is 18.9 Å². The van der Waals surface area contributed by atoms with Crippen LogP contribution in [0.3, 0.4) is 0 Å². The Morgan fingerprint density at radius 1 is 1.17 bits per heavy atom. The van der Waals surface area contributed by atoms with Gasteiger partial charge in [0.15, 0.2) is 0 Å². The molecule has 0 aliphatic carbocycles. The number of thiophene rings is 1. The van der Waals surface area contributed by atoms with Crippen molar-refractivity contribution in [3.63, 3.8) is 0 Å². The summed E-state index contributed by atoms with van der Waals surface area (Å²) in [5, 5.41) is 8.80. The average Bonchev–Trinajstić information content (AvgIpc) is 3.41. The lowest BCUT2D eigenvalue weighted by molar-refractivity contribution is -0.116. The Bertz CT molecular complexity index is 1270. The fourth-order valence-electron chi connectivity index (χ4n) is 2.85. The number of amides is 1. The highest BCUT2D eigenvalue weighted by Crippen LogP contribution is 2.23. The first-order chi connectivity index (χ1) is 14.6. The maximum Gasteiger partial charge on any atom is 0.328 e. The lowest BCUT2D eigenvalue weighted by Gasteiger charge is -2.10. The summed E-state index contributed by atoms with van der Waals surface area (Å²) >= 11 is 1.53. The lowest BCUT2D eigenvalue weighted by Crippen LogP contribution is -2.29. The summed E-state index contributed by atoms with van der Waals surface area (Å²) in [5.74, 6) is 0.720. The van der Waals surface area contributed by atoms with Gasteiger partial charge in [-0.25, -0.2) is 4.79 Å². The molecule has 152 valence electrons. The molecule has 0 atom stereocenters. The van der Waals surface area contributed by atoms with Gasteiger partial charge in [-0.15, -0.1) is 11.3 Å². The number of hydrogen-bond acceptors (Lipinski definition) is 7. The number of nitrogens with one attached hydrogen (secondary N) is 2. The van der Waals surface area contributed by atoms with Crippen molar-refractivity contribution in [3.05, 3.63) is 86.3 Å². The summed E-state index contributed by atoms with van der Waals surface area (Å²) in [6, 6.07) is 12.4. The van der Waals surface area contributed by atoms with Crippen molar-refractivity contribution in [3.8, 4) is 10.7 Å². The van der Waals surface area contributed by atoms with E-state index in [1.165, 1.54) is 28.2 Å². The van der Waals surface area contributed by atoms with E-state index in [2.05, 4.69) is 20.4 Å². The highest BCUT2D eigenvalue weighted by atomic mass is 32.1. The van der Waals surface area contributed by atoms with Crippen LogP contribution in [0.25, 0.3) is 10.7 Å². The summed E-state index contributed by atoms with van der Waals surface area (Å²) < 4.78 is 6.62. The molecule has 0 saturated carbocycles. The van der Waals surface area contributed by atoms with Crippen LogP contribution in [0, 0.1) is 0 Å². The monoisotopic (exact) mass is 423 g/mol. The molecule has 3 aromatic heterocycles. The maximum absolute atomic E-state index is 12.4. The molecule has 1 aromatic carbocycles. The van der Waals surface area contributed by atoms with E-state index in [0.717, 1.165) is 10.4 Å². The summed E-state index contributed by atoms with van der Waals surface area (Å²) in [6.07, 6.45) is 1.81. The molecular formula is C20H17N5O4S. The molecule has 3 heterocycles. The first kappa shape index (κ1) is 19.5. The second kappa shape index (κ2) is 8.70. The van der Waals surface area contributed by atoms with Crippen LogP contribution in [0.15, 0.2) is 68.2 Å². The first-order valence-corrected chi connectivity index (χ1v) is 10.0. The summed E-state index contributed by atoms with van der Waals surface area (Å²) in [5.41, 5.74) is 0.437. The van der Waals surface area contributed by atoms with Crippen LogP contribution < -0.4 is 16.6 Å². The van der Waals surface area contributed by atoms with Crippen LogP contribution in [-0.4, -0.2) is 25.6 Å². The van der Waals surface area contributed by atoms with Crippen LogP contribution in [0.4, 0.5) is 5.69 Å². The fraction of sp³-hybridized carbons (Fsp3) is 0.150. The molecule has 0 unspecified atom stereocenters. The Morgan fingerprint density at radius 3 is 2.83 bits per heavy atom. The topological polar surface area (TPSA) is 123 Å². The van der Waals surface area contributed by atoms with Gasteiger partial charge in [0.1, 0.15) is 0 Å². The van der Waals surface area contributed by atoms with Gasteiger partial charge >= 0.3 is 5.69 Å². The first-order valence-electron chi connectivity index (χ1n) is 9.12. The van der Waals surface area contributed by atoms with E-state index in [0.29, 0.717) is 23.8 Å². The van der Waals surface area contributed by atoms with E-state index in [1.807, 2.05) is 35.7 Å². The zero-order valence-corrected chi connectivity index (χ0v) is 16.5. The van der Waals surface area contributed by atoms with Crippen molar-refractivity contribution in [2.45, 2.75) is 19.4 Å². The number of nitrogens with zero attached hydrogens (tertiary/aromatic N) is 3. The standard InChI is InChI=1S/C20H17N5O4S/c26-16(7-9-25-10-8-17(27)22-20(25)28)21-14-5-2-1-4-13(14)12-18-23-19(24-29-18)15-6-3-11-30-15/h1-6,8,10-11H,7,9,12H2,(H,21,26)(H,22,27,28). The molecule has 0 radical (unpaired) electrons. The molecule has 4 aromatic rings. The second-order valence-corrected chi connectivity index (χ2v) is 7.37. The maximum atomic E-state index is 12.4. The van der Waals surface area contributed by atoms with E-state index >= 15 is 0 Å². The molecule has 0 aliphatic heterocycles. The van der Waals surface area contributed by atoms with E-state index in [4.69, 9.17) is 4.52 Å². The molecule has 10 heteroatoms. The Kier molecular flexibility index (Phi) is 5.66. The number of rotatable bonds is 7. The van der Waals surface area contributed by atoms with Crippen molar-refractivity contribution in [2.75, 3.05) is 5.32 Å². The molecule has 0 saturated heterocycles. The summed E-state index contributed by atoms with van der Waals surface area (Å²) in [6.45, 7) is 0.150. The van der Waals surface area contributed by atoms with Gasteiger partial charge in [0.2, 0.25) is 17.6 Å². The van der Waals surface area contributed by atoms with Crippen molar-refractivity contribution >= 4 is 22.9 Å². The van der Waals surface area contributed by atoms with Gasteiger partial charge in [0.25, 0.3) is 5.56 Å². The van der Waals surface area contributed by atoms with E-state index in [9.17, 15) is 14.4 Å². The number of para-hydroxylation sites is 1. The Morgan fingerprint density at radius 2 is 2.03 bits per heavy atom. The van der Waals surface area contributed by atoms with Crippen LogP contribution in [0.5, 0.6) is 0 Å². The van der Waals surface area contributed by atoms with Crippen molar-refractivity contribution in [1.82, 2.24) is 19.7 Å². The molecule has 0 aliphatic rings. The number of aromatic nitrogens is 4. The number of carbonyl (C=O) groups is 1. The predicted molar refractivity (Wildman–Crippen MR) is 111 cm³/mol. The second-order valence-electron chi connectivity index (χ2n) is 6.42. The highest BCUT2D eigenvalue weighted by molar-refractivity contribution is 7.13. The number of aryl methyl sites for hydroxylation is 1. The molecule has 4 rings (SSSR count). The lowest BCUT2D eigenvalue weighted by atomic mass is 10.1. The molecular weight excluding hydrogens is 406 g/mol. The fourth-order valence-corrected chi connectivity index (χ4v) is 3.50. The zero-order chi connectivity index (χ0) is 20.9. The molecule has 0 spiro atoms. The average molecular weight is 423 g/mol. The number of aromatic amines is 1. The number of benzene rings is 1. The van der Waals surface area contributed by atoms with Gasteiger partial charge in [-0.05, 0) is 23.1 Å². The van der Waals surface area contributed by atoms with Crippen molar-refractivity contribution in [2.24, 2.45) is 0 Å². The zero-order valence-electron chi connectivity index (χ0n) is 15.7. The third-order valence-electron chi connectivity index (χ3n) is 4.32. The predicted octanol–water partition coefficient (Wildman–Crippen LogP) is 2.27. The molecule has 2 N–H and O–H groups in total. The van der Waals surface area contributed by atoms with Crippen molar-refractivity contribution in [1.29, 1.82) is 0 Å². The highest BCUT2D eigenvalue weighted by Gasteiger charge is 2.13. The minimum absolute atomic E-state index is 0.0728. The Labute approximate surface area is 174 Å². The van der Waals surface area contributed by atoms with Gasteiger partial charge in [-0.2, -0.15) is 4.98 Å². The number of hydrogen-bond donors (Lipinski definition) is 2. The largest absolute Gasteiger partial charge is 0.339 e. The van der Waals surface area contributed by atoms with Crippen LogP contribution in [-0.2, 0) is 17.8 Å². The minimum Gasteiger partial charge on any atom is -0.339 e. The molecule has 0 fully saturated rings. The van der Waals surface area contributed by atoms with Crippen molar-refractivity contribution < 1.29 is 9.32 Å². The Balaban J connectivity index is 1.42. The van der Waals surface area contributed by atoms with Crippen LogP contribution >= 0.6 is 11.3 Å². The van der Waals surface area contributed by atoms with Gasteiger partial charge in [0.05, 0.1) is 11.3 Å². The smallest absolute Gasteiger partial charge is 0.328 e. The van der Waals surface area contributed by atoms with Gasteiger partial charge in [0, 0.05) is 30.9 Å². The van der Waals surface area contributed by atoms with Gasteiger partial charge < -0.3 is 14.4 Å². The third kappa shape index (κ3) is 4.61. The third-order valence-corrected chi connectivity index (χ3v) is 5.19. The SMILES string of the molecule is O=C(CCn1ccc(=O)[nH]c1=O)Nc1ccccc1Cc1nc(-c2cccs2)no1. The van der Waals surface area contributed by atoms with Crippen LogP contribution in [0.2, 0.25) is 0 Å². The minimum atomic E-state index is -0.548. The van der Waals surface area contributed by atoms with Crippen LogP contribution in [0.1, 0.15) is 17.9 Å². The molecule has 30 heavy (non-hydrogen) atoms.